The second-order valence-electron chi connectivity index (χ2n) is 12.5. The summed E-state index contributed by atoms with van der Waals surface area (Å²) in [5.74, 6) is -1.18. The van der Waals surface area contributed by atoms with E-state index in [0.29, 0.717) is 22.6 Å². The third kappa shape index (κ3) is 10.8. The lowest BCUT2D eigenvalue weighted by Gasteiger charge is -2.22. The zero-order valence-electron chi connectivity index (χ0n) is 32.7. The van der Waals surface area contributed by atoms with Gasteiger partial charge in [0.05, 0.1) is 50.9 Å². The van der Waals surface area contributed by atoms with Gasteiger partial charge in [-0.15, -0.1) is 0 Å². The van der Waals surface area contributed by atoms with Gasteiger partial charge in [-0.1, -0.05) is 23.2 Å². The van der Waals surface area contributed by atoms with Gasteiger partial charge in [0.15, 0.2) is 0 Å². The van der Waals surface area contributed by atoms with Crippen LogP contribution in [-0.2, 0) is 19.1 Å². The van der Waals surface area contributed by atoms with E-state index in [-0.39, 0.29) is 34.0 Å². The maximum atomic E-state index is 12.3. The number of benzene rings is 2. The van der Waals surface area contributed by atoms with E-state index in [9.17, 15) is 19.2 Å². The quantitative estimate of drug-likeness (QED) is 0.218. The van der Waals surface area contributed by atoms with Gasteiger partial charge in [0.1, 0.15) is 0 Å². The lowest BCUT2D eigenvalue weighted by atomic mass is 10.0. The van der Waals surface area contributed by atoms with Crippen molar-refractivity contribution < 1.29 is 23.9 Å². The molecule has 2 aromatic rings. The highest BCUT2D eigenvalue weighted by molar-refractivity contribution is 6.50. The number of nitrogens with one attached hydrogen (secondary N) is 2. The molecule has 2 N–H and O–H groups in total. The molecule has 0 bridgehead atoms. The number of nitrogens with zero attached hydrogens (tertiary/aromatic N) is 4. The number of aliphatic imine (C=N–C) groups is 2. The molecule has 0 aromatic heterocycles. The number of ketones is 2. The van der Waals surface area contributed by atoms with Gasteiger partial charge in [0.25, 0.3) is 0 Å². The Balaban J connectivity index is 0.000000291. The number of hydrogen-bond donors (Lipinski definition) is 2. The highest BCUT2D eigenvalue weighted by Gasteiger charge is 2.26. The van der Waals surface area contributed by atoms with Gasteiger partial charge in [-0.2, -0.15) is 0 Å². The molecule has 0 unspecified atom stereocenters. The second kappa shape index (κ2) is 19.9. The lowest BCUT2D eigenvalue weighted by molar-refractivity contribution is -0.120. The minimum atomic E-state index is -0.703. The van der Waals surface area contributed by atoms with Crippen LogP contribution in [0.3, 0.4) is 0 Å². The van der Waals surface area contributed by atoms with Crippen molar-refractivity contribution >= 4 is 80.9 Å². The third-order valence-electron chi connectivity index (χ3n) is 8.80. The predicted octanol–water partition coefficient (Wildman–Crippen LogP) is 8.67. The number of allylic oxidation sites excluding steroid dienone is 6. The monoisotopic (exact) mass is 776 g/mol. The average Bonchev–Trinajstić information content (AvgIpc) is 3.13. The van der Waals surface area contributed by atoms with Gasteiger partial charge < -0.3 is 19.9 Å². The summed E-state index contributed by atoms with van der Waals surface area (Å²) < 4.78 is 4.84. The molecule has 0 saturated carbocycles. The third-order valence-corrected chi connectivity index (χ3v) is 9.71. The van der Waals surface area contributed by atoms with Crippen LogP contribution in [0.15, 0.2) is 91.1 Å². The van der Waals surface area contributed by atoms with E-state index < -0.39 is 17.7 Å². The summed E-state index contributed by atoms with van der Waals surface area (Å²) in [6, 6.07) is 12.1. The Morgan fingerprint density at radius 2 is 1.06 bits per heavy atom. The molecule has 0 heterocycles. The normalized spacial score (nSPS) is 15.8. The minimum absolute atomic E-state index is 0.0328. The Morgan fingerprint density at radius 1 is 0.667 bits per heavy atom. The molecule has 0 saturated heterocycles. The van der Waals surface area contributed by atoms with E-state index in [1.54, 1.807) is 26.8 Å². The fourth-order valence-electron chi connectivity index (χ4n) is 5.67. The van der Waals surface area contributed by atoms with E-state index in [4.69, 9.17) is 27.9 Å². The van der Waals surface area contributed by atoms with Gasteiger partial charge in [0.2, 0.25) is 17.5 Å². The number of carbonyl (C=O) groups excluding carboxylic acids is 4. The zero-order valence-corrected chi connectivity index (χ0v) is 34.3. The van der Waals surface area contributed by atoms with Crippen LogP contribution < -0.4 is 20.4 Å². The van der Waals surface area contributed by atoms with Crippen molar-refractivity contribution in [3.05, 3.63) is 92.3 Å². The van der Waals surface area contributed by atoms with Gasteiger partial charge in [-0.3, -0.25) is 19.7 Å². The van der Waals surface area contributed by atoms with Crippen LogP contribution in [0.1, 0.15) is 66.5 Å². The SMILES string of the molecule is CCN(CC)c1ccc(N=C2C=C(NC(C)=O)C(=O)C(Cl)=C2C)c(C)c1.CCOC(=O)NC1=CC(=Nc2ccc(N(CC)CC)cc2C)C(C)=C(Cl)C1=O. The number of amides is 2. The molecule has 2 aromatic carbocycles. The number of Topliss-reactive ketones (excluding diaryl/α,β-unsaturated/α-hetero) is 2. The number of carbonyl (C=O) groups is 4. The summed E-state index contributed by atoms with van der Waals surface area (Å²) in [5.41, 5.74) is 8.32. The average molecular weight is 778 g/mol. The summed E-state index contributed by atoms with van der Waals surface area (Å²) in [4.78, 5) is 61.4. The first kappa shape index (κ1) is 43.4. The van der Waals surface area contributed by atoms with Crippen LogP contribution in [0.25, 0.3) is 0 Å². The van der Waals surface area contributed by atoms with Gasteiger partial charge in [0, 0.05) is 44.5 Å². The molecule has 0 fully saturated rings. The highest BCUT2D eigenvalue weighted by atomic mass is 35.5. The first-order chi connectivity index (χ1) is 25.6. The number of halogens is 2. The van der Waals surface area contributed by atoms with Crippen molar-refractivity contribution in [1.82, 2.24) is 10.6 Å². The van der Waals surface area contributed by atoms with E-state index in [1.165, 1.54) is 13.0 Å². The van der Waals surface area contributed by atoms with Crippen LogP contribution in [-0.4, -0.2) is 67.8 Å². The van der Waals surface area contributed by atoms with Crippen molar-refractivity contribution in [1.29, 1.82) is 0 Å². The largest absolute Gasteiger partial charge is 0.450 e. The molecular formula is C41H50Cl2N6O5. The first-order valence-electron chi connectivity index (χ1n) is 18.0. The molecule has 288 valence electrons. The van der Waals surface area contributed by atoms with E-state index >= 15 is 0 Å². The lowest BCUT2D eigenvalue weighted by Crippen LogP contribution is -2.31. The van der Waals surface area contributed by atoms with Crippen molar-refractivity contribution in [2.75, 3.05) is 42.6 Å². The van der Waals surface area contributed by atoms with Crippen LogP contribution in [0.4, 0.5) is 27.5 Å². The summed E-state index contributed by atoms with van der Waals surface area (Å²) >= 11 is 12.3. The zero-order chi connectivity index (χ0) is 40.3. The molecular weight excluding hydrogens is 727 g/mol. The number of aryl methyl sites for hydroxylation is 2. The number of hydrogen-bond acceptors (Lipinski definition) is 9. The van der Waals surface area contributed by atoms with Crippen LogP contribution in [0.2, 0.25) is 0 Å². The molecule has 0 spiro atoms. The summed E-state index contributed by atoms with van der Waals surface area (Å²) in [6.45, 7) is 22.9. The van der Waals surface area contributed by atoms with Crippen molar-refractivity contribution in [3.8, 4) is 0 Å². The Morgan fingerprint density at radius 3 is 1.39 bits per heavy atom. The van der Waals surface area contributed by atoms with E-state index in [2.05, 4.69) is 70.2 Å². The van der Waals surface area contributed by atoms with Crippen LogP contribution in [0.5, 0.6) is 0 Å². The second-order valence-corrected chi connectivity index (χ2v) is 13.2. The molecule has 0 radical (unpaired) electrons. The van der Waals surface area contributed by atoms with Gasteiger partial charge in [-0.25, -0.2) is 14.8 Å². The molecule has 54 heavy (non-hydrogen) atoms. The molecule has 2 aliphatic rings. The molecule has 4 rings (SSSR count). The molecule has 2 aliphatic carbocycles. The Bertz CT molecular complexity index is 1980. The number of anilines is 2. The summed E-state index contributed by atoms with van der Waals surface area (Å²) in [5, 5.41) is 5.06. The Hall–Kier alpha value is -5.00. The number of rotatable bonds is 11. The molecule has 2 amide bonds. The van der Waals surface area contributed by atoms with Crippen molar-refractivity contribution in [2.45, 2.75) is 69.2 Å². The molecule has 0 aliphatic heterocycles. The minimum Gasteiger partial charge on any atom is -0.450 e. The topological polar surface area (TPSA) is 133 Å². The van der Waals surface area contributed by atoms with Gasteiger partial charge in [-0.05, 0) is 133 Å². The highest BCUT2D eigenvalue weighted by Crippen LogP contribution is 2.30. The first-order valence-corrected chi connectivity index (χ1v) is 18.7. The fraction of sp³-hybridized carbons (Fsp3) is 0.366. The van der Waals surface area contributed by atoms with Gasteiger partial charge >= 0.3 is 6.09 Å². The smallest absolute Gasteiger partial charge is 0.411 e. The number of alkyl carbamates (subject to hydrolysis) is 1. The fourth-order valence-corrected chi connectivity index (χ4v) is 6.07. The van der Waals surface area contributed by atoms with E-state index in [0.717, 1.165) is 60.1 Å². The number of ether oxygens (including phenoxy) is 1. The standard InChI is InChI=1S/C21H26ClN3O3.C20H24ClN3O2/c1-6-25(7-2)15-9-10-16(13(4)11-15)23-17-12-18(24-21(27)28-8-3)20(26)19(22)14(17)5;1-6-24(7-2)15-8-9-16(12(3)10-15)23-17-11-18(22-14(5)25)20(26)19(21)13(17)4/h9-12H,6-8H2,1-5H3,(H,24,27);8-11H,6-7H2,1-5H3,(H,22,25). The molecule has 11 nitrogen and oxygen atoms in total. The van der Waals surface area contributed by atoms with Crippen LogP contribution >= 0.6 is 23.2 Å². The Kier molecular flexibility index (Phi) is 16.0. The van der Waals surface area contributed by atoms with E-state index in [1.807, 2.05) is 38.1 Å². The molecule has 13 heteroatoms. The van der Waals surface area contributed by atoms with Crippen molar-refractivity contribution in [3.63, 3.8) is 0 Å². The van der Waals surface area contributed by atoms with Crippen molar-refractivity contribution in [2.24, 2.45) is 9.98 Å². The maximum absolute atomic E-state index is 12.3. The van der Waals surface area contributed by atoms with Crippen LogP contribution in [0, 0.1) is 13.8 Å². The Labute approximate surface area is 328 Å². The summed E-state index contributed by atoms with van der Waals surface area (Å²) in [7, 11) is 0. The molecule has 0 atom stereocenters. The predicted molar refractivity (Wildman–Crippen MR) is 221 cm³/mol. The maximum Gasteiger partial charge on any atom is 0.411 e. The summed E-state index contributed by atoms with van der Waals surface area (Å²) in [6.07, 6.45) is 2.39.